The van der Waals surface area contributed by atoms with Gasteiger partial charge in [-0.3, -0.25) is 4.79 Å². The van der Waals surface area contributed by atoms with Crippen LogP contribution in [0.5, 0.6) is 0 Å². The number of aliphatic imine (C=N–C) groups is 1. The van der Waals surface area contributed by atoms with Gasteiger partial charge in [-0.15, -0.1) is 0 Å². The van der Waals surface area contributed by atoms with Crippen molar-refractivity contribution in [2.75, 3.05) is 57.4 Å². The third-order valence-electron chi connectivity index (χ3n) is 5.65. The van der Waals surface area contributed by atoms with Gasteiger partial charge in [0.2, 0.25) is 5.91 Å². The van der Waals surface area contributed by atoms with E-state index in [2.05, 4.69) is 46.7 Å². The molecule has 0 aromatic heterocycles. The Morgan fingerprint density at radius 3 is 2.63 bits per heavy atom. The number of rotatable bonds is 8. The summed E-state index contributed by atoms with van der Waals surface area (Å²) in [5.41, 5.74) is 2.44. The summed E-state index contributed by atoms with van der Waals surface area (Å²) in [5, 5.41) is 6.71. The second kappa shape index (κ2) is 12.4. The molecule has 2 heterocycles. The Morgan fingerprint density at radius 2 is 1.87 bits per heavy atom. The minimum Gasteiger partial charge on any atom is -0.378 e. The van der Waals surface area contributed by atoms with Crippen molar-refractivity contribution < 1.29 is 9.53 Å². The number of anilines is 1. The van der Waals surface area contributed by atoms with Crippen LogP contribution in [0, 0.1) is 0 Å². The first kappa shape index (κ1) is 22.4. The largest absolute Gasteiger partial charge is 0.378 e. The Balaban J connectivity index is 1.43. The number of likely N-dealkylation sites (tertiary alicyclic amines) is 1. The van der Waals surface area contributed by atoms with Crippen molar-refractivity contribution in [2.45, 2.75) is 45.6 Å². The minimum absolute atomic E-state index is 0.314. The lowest BCUT2D eigenvalue weighted by atomic mass is 10.2. The SMILES string of the molecule is CCNC(=NCc1ccc(N2CCOCC2)cc1)NCCCN1CCCCCC1=O. The summed E-state index contributed by atoms with van der Waals surface area (Å²) in [6, 6.07) is 8.66. The molecular weight excluding hydrogens is 378 g/mol. The molecule has 2 aliphatic heterocycles. The van der Waals surface area contributed by atoms with E-state index in [1.54, 1.807) is 0 Å². The van der Waals surface area contributed by atoms with Gasteiger partial charge in [0, 0.05) is 51.4 Å². The van der Waals surface area contributed by atoms with Crippen LogP contribution in [0.2, 0.25) is 0 Å². The van der Waals surface area contributed by atoms with E-state index in [1.807, 2.05) is 4.90 Å². The number of hydrogen-bond acceptors (Lipinski definition) is 4. The predicted molar refractivity (Wildman–Crippen MR) is 122 cm³/mol. The number of benzene rings is 1. The molecule has 0 radical (unpaired) electrons. The molecule has 0 saturated carbocycles. The number of carbonyl (C=O) groups excluding carboxylic acids is 1. The van der Waals surface area contributed by atoms with Gasteiger partial charge in [0.1, 0.15) is 0 Å². The van der Waals surface area contributed by atoms with E-state index >= 15 is 0 Å². The van der Waals surface area contributed by atoms with Crippen molar-refractivity contribution in [3.8, 4) is 0 Å². The number of nitrogens with one attached hydrogen (secondary N) is 2. The van der Waals surface area contributed by atoms with Crippen LogP contribution in [0.1, 0.15) is 44.6 Å². The maximum atomic E-state index is 12.1. The van der Waals surface area contributed by atoms with E-state index < -0.39 is 0 Å². The van der Waals surface area contributed by atoms with E-state index in [9.17, 15) is 4.79 Å². The summed E-state index contributed by atoms with van der Waals surface area (Å²) in [6.45, 7) is 9.60. The molecule has 0 atom stereocenters. The maximum Gasteiger partial charge on any atom is 0.222 e. The standard InChI is InChI=1S/C23H37N5O2/c1-2-24-23(25-12-6-14-28-13-5-3-4-7-22(28)29)26-19-20-8-10-21(11-9-20)27-15-17-30-18-16-27/h8-11H,2-7,12-19H2,1H3,(H2,24,25,26). The highest BCUT2D eigenvalue weighted by Gasteiger charge is 2.15. The summed E-state index contributed by atoms with van der Waals surface area (Å²) in [6.07, 6.45) is 4.99. The lowest BCUT2D eigenvalue weighted by Gasteiger charge is -2.28. The van der Waals surface area contributed by atoms with Crippen LogP contribution in [-0.2, 0) is 16.1 Å². The highest BCUT2D eigenvalue weighted by Crippen LogP contribution is 2.17. The molecule has 2 fully saturated rings. The highest BCUT2D eigenvalue weighted by molar-refractivity contribution is 5.79. The predicted octanol–water partition coefficient (Wildman–Crippen LogP) is 2.37. The molecule has 166 valence electrons. The zero-order valence-electron chi connectivity index (χ0n) is 18.4. The first-order valence-corrected chi connectivity index (χ1v) is 11.5. The number of nitrogens with zero attached hydrogens (tertiary/aromatic N) is 3. The van der Waals surface area contributed by atoms with Crippen molar-refractivity contribution in [3.63, 3.8) is 0 Å². The molecule has 1 amide bonds. The molecule has 2 aliphatic rings. The smallest absolute Gasteiger partial charge is 0.222 e. The normalized spacial score (nSPS) is 18.3. The van der Waals surface area contributed by atoms with Gasteiger partial charge in [-0.1, -0.05) is 18.6 Å². The van der Waals surface area contributed by atoms with E-state index in [0.29, 0.717) is 18.9 Å². The molecule has 2 saturated heterocycles. The molecule has 0 bridgehead atoms. The summed E-state index contributed by atoms with van der Waals surface area (Å²) in [5.74, 6) is 1.14. The zero-order chi connectivity index (χ0) is 21.0. The number of ether oxygens (including phenoxy) is 1. The average molecular weight is 416 g/mol. The lowest BCUT2D eigenvalue weighted by molar-refractivity contribution is -0.130. The Kier molecular flexibility index (Phi) is 9.28. The van der Waals surface area contributed by atoms with Gasteiger partial charge >= 0.3 is 0 Å². The summed E-state index contributed by atoms with van der Waals surface area (Å²) in [4.78, 5) is 21.2. The van der Waals surface area contributed by atoms with Gasteiger partial charge < -0.3 is 25.2 Å². The van der Waals surface area contributed by atoms with Gasteiger partial charge in [-0.2, -0.15) is 0 Å². The van der Waals surface area contributed by atoms with Gasteiger partial charge in [0.05, 0.1) is 19.8 Å². The molecule has 30 heavy (non-hydrogen) atoms. The topological polar surface area (TPSA) is 69.2 Å². The second-order valence-corrected chi connectivity index (χ2v) is 7.93. The Hall–Kier alpha value is -2.28. The van der Waals surface area contributed by atoms with Crippen molar-refractivity contribution in [2.24, 2.45) is 4.99 Å². The van der Waals surface area contributed by atoms with Gasteiger partial charge in [0.15, 0.2) is 5.96 Å². The molecule has 2 N–H and O–H groups in total. The number of guanidine groups is 1. The number of morpholine rings is 1. The first-order chi connectivity index (χ1) is 14.8. The highest BCUT2D eigenvalue weighted by atomic mass is 16.5. The number of hydrogen-bond donors (Lipinski definition) is 2. The second-order valence-electron chi connectivity index (χ2n) is 7.93. The van der Waals surface area contributed by atoms with E-state index in [4.69, 9.17) is 9.73 Å². The average Bonchev–Trinajstić information content (AvgIpc) is 3.00. The molecule has 7 nitrogen and oxygen atoms in total. The van der Waals surface area contributed by atoms with Crippen LogP contribution in [-0.4, -0.2) is 69.2 Å². The Bertz CT molecular complexity index is 671. The quantitative estimate of drug-likeness (QED) is 0.388. The molecule has 0 aliphatic carbocycles. The molecular formula is C23H37N5O2. The summed E-state index contributed by atoms with van der Waals surface area (Å²) >= 11 is 0. The third-order valence-corrected chi connectivity index (χ3v) is 5.65. The molecule has 0 spiro atoms. The zero-order valence-corrected chi connectivity index (χ0v) is 18.4. The van der Waals surface area contributed by atoms with Crippen LogP contribution < -0.4 is 15.5 Å². The fraction of sp³-hybridized carbons (Fsp3) is 0.652. The van der Waals surface area contributed by atoms with Crippen molar-refractivity contribution in [3.05, 3.63) is 29.8 Å². The van der Waals surface area contributed by atoms with Crippen molar-refractivity contribution in [1.29, 1.82) is 0 Å². The van der Waals surface area contributed by atoms with Gasteiger partial charge in [0.25, 0.3) is 0 Å². The van der Waals surface area contributed by atoms with Gasteiger partial charge in [-0.05, 0) is 43.9 Å². The molecule has 7 heteroatoms. The third kappa shape index (κ3) is 7.20. The van der Waals surface area contributed by atoms with E-state index in [1.165, 1.54) is 17.7 Å². The van der Waals surface area contributed by atoms with E-state index in [0.717, 1.165) is 77.7 Å². The molecule has 0 unspecified atom stereocenters. The minimum atomic E-state index is 0.314. The fourth-order valence-electron chi connectivity index (χ4n) is 3.90. The molecule has 1 aromatic carbocycles. The molecule has 3 rings (SSSR count). The van der Waals surface area contributed by atoms with Crippen molar-refractivity contribution >= 4 is 17.6 Å². The summed E-state index contributed by atoms with van der Waals surface area (Å²) in [7, 11) is 0. The monoisotopic (exact) mass is 415 g/mol. The molecule has 1 aromatic rings. The Morgan fingerprint density at radius 1 is 1.07 bits per heavy atom. The van der Waals surface area contributed by atoms with Crippen LogP contribution in [0.25, 0.3) is 0 Å². The first-order valence-electron chi connectivity index (χ1n) is 11.5. The van der Waals surface area contributed by atoms with Crippen LogP contribution in [0.3, 0.4) is 0 Å². The van der Waals surface area contributed by atoms with Crippen LogP contribution in [0.4, 0.5) is 5.69 Å². The van der Waals surface area contributed by atoms with Crippen LogP contribution in [0.15, 0.2) is 29.3 Å². The lowest BCUT2D eigenvalue weighted by Crippen LogP contribution is -2.39. The number of amides is 1. The van der Waals surface area contributed by atoms with Crippen LogP contribution >= 0.6 is 0 Å². The van der Waals surface area contributed by atoms with E-state index in [-0.39, 0.29) is 0 Å². The fourth-order valence-corrected chi connectivity index (χ4v) is 3.90. The summed E-state index contributed by atoms with van der Waals surface area (Å²) < 4.78 is 5.43. The van der Waals surface area contributed by atoms with Crippen molar-refractivity contribution in [1.82, 2.24) is 15.5 Å². The maximum absolute atomic E-state index is 12.1. The number of carbonyl (C=O) groups is 1. The Labute approximate surface area is 180 Å². The van der Waals surface area contributed by atoms with Gasteiger partial charge in [-0.25, -0.2) is 4.99 Å².